The lowest BCUT2D eigenvalue weighted by atomic mass is 10.1. The van der Waals surface area contributed by atoms with Crippen molar-refractivity contribution in [3.63, 3.8) is 0 Å². The second-order valence-corrected chi connectivity index (χ2v) is 5.44. The zero-order valence-electron chi connectivity index (χ0n) is 12.7. The molecule has 0 aromatic heterocycles. The number of ether oxygens (including phenoxy) is 1. The van der Waals surface area contributed by atoms with Crippen LogP contribution in [0.1, 0.15) is 18.9 Å². The van der Waals surface area contributed by atoms with E-state index in [1.807, 2.05) is 0 Å². The van der Waals surface area contributed by atoms with E-state index in [0.717, 1.165) is 12.1 Å². The van der Waals surface area contributed by atoms with E-state index in [9.17, 15) is 18.0 Å². The van der Waals surface area contributed by atoms with Crippen molar-refractivity contribution in [3.05, 3.63) is 59.1 Å². The molecule has 0 radical (unpaired) electrons. The van der Waals surface area contributed by atoms with Crippen molar-refractivity contribution < 1.29 is 22.7 Å². The number of nitrogens with one attached hydrogen (secondary N) is 1. The Morgan fingerprint density at radius 2 is 1.88 bits per heavy atom. The van der Waals surface area contributed by atoms with Crippen LogP contribution >= 0.6 is 11.6 Å². The molecular weight excluding hydrogens is 343 g/mol. The zero-order valence-corrected chi connectivity index (χ0v) is 13.5. The van der Waals surface area contributed by atoms with E-state index in [1.165, 1.54) is 6.07 Å². The average Bonchev–Trinajstić information content (AvgIpc) is 2.54. The molecule has 0 aliphatic heterocycles. The first-order valence-electron chi connectivity index (χ1n) is 7.20. The van der Waals surface area contributed by atoms with Gasteiger partial charge in [-0.15, -0.1) is 0 Å². The van der Waals surface area contributed by atoms with E-state index < -0.39 is 23.8 Å². The molecule has 0 spiro atoms. The van der Waals surface area contributed by atoms with Gasteiger partial charge in [0.2, 0.25) is 0 Å². The maximum absolute atomic E-state index is 13.1. The van der Waals surface area contributed by atoms with Gasteiger partial charge in [0.1, 0.15) is 5.75 Å². The third-order valence-corrected chi connectivity index (χ3v) is 3.46. The summed E-state index contributed by atoms with van der Waals surface area (Å²) in [4.78, 5) is 12.3. The summed E-state index contributed by atoms with van der Waals surface area (Å²) in [6, 6.07) is 11.8. The van der Waals surface area contributed by atoms with Gasteiger partial charge in [-0.3, -0.25) is 4.79 Å². The van der Waals surface area contributed by atoms with Crippen LogP contribution in [0.4, 0.5) is 18.9 Å². The fourth-order valence-corrected chi connectivity index (χ4v) is 2.23. The number of hydrogen-bond acceptors (Lipinski definition) is 2. The zero-order chi connectivity index (χ0) is 17.7. The quantitative estimate of drug-likeness (QED) is 0.803. The summed E-state index contributed by atoms with van der Waals surface area (Å²) in [5.74, 6) is -0.194. The summed E-state index contributed by atoms with van der Waals surface area (Å²) in [5.41, 5.74) is -1.36. The van der Waals surface area contributed by atoms with E-state index in [2.05, 4.69) is 5.32 Å². The van der Waals surface area contributed by atoms with Crippen LogP contribution in [0.2, 0.25) is 5.02 Å². The Morgan fingerprint density at radius 1 is 1.21 bits per heavy atom. The lowest BCUT2D eigenvalue weighted by molar-refractivity contribution is -0.137. The van der Waals surface area contributed by atoms with Gasteiger partial charge in [-0.05, 0) is 36.8 Å². The van der Waals surface area contributed by atoms with Crippen molar-refractivity contribution in [3.8, 4) is 5.75 Å². The molecule has 24 heavy (non-hydrogen) atoms. The molecule has 0 bridgehead atoms. The summed E-state index contributed by atoms with van der Waals surface area (Å²) < 4.78 is 44.7. The molecule has 0 heterocycles. The summed E-state index contributed by atoms with van der Waals surface area (Å²) in [7, 11) is 0. The second kappa shape index (κ2) is 7.57. The predicted octanol–water partition coefficient (Wildman–Crippen LogP) is 5.15. The molecule has 0 aliphatic rings. The number of para-hydroxylation sites is 1. The smallest absolute Gasteiger partial charge is 0.418 e. The number of benzene rings is 2. The molecule has 0 aliphatic carbocycles. The van der Waals surface area contributed by atoms with Crippen molar-refractivity contribution in [1.82, 2.24) is 0 Å². The summed E-state index contributed by atoms with van der Waals surface area (Å²) in [6.07, 6.45) is -5.24. The summed E-state index contributed by atoms with van der Waals surface area (Å²) in [6.45, 7) is 1.71. The Morgan fingerprint density at radius 3 is 2.46 bits per heavy atom. The molecule has 1 atom stereocenters. The van der Waals surface area contributed by atoms with E-state index in [-0.39, 0.29) is 10.7 Å². The molecule has 2 aromatic carbocycles. The van der Waals surface area contributed by atoms with Gasteiger partial charge in [0.05, 0.1) is 11.3 Å². The van der Waals surface area contributed by atoms with Crippen LogP contribution in [-0.4, -0.2) is 12.0 Å². The van der Waals surface area contributed by atoms with E-state index in [0.29, 0.717) is 12.2 Å². The number of carbonyl (C=O) groups excluding carboxylic acids is 1. The number of alkyl halides is 3. The monoisotopic (exact) mass is 357 g/mol. The Hall–Kier alpha value is -2.21. The molecule has 2 aromatic rings. The van der Waals surface area contributed by atoms with Crippen LogP contribution in [0.3, 0.4) is 0 Å². The van der Waals surface area contributed by atoms with Gasteiger partial charge in [0, 0.05) is 5.02 Å². The Balaban J connectivity index is 2.19. The maximum atomic E-state index is 13.1. The lowest BCUT2D eigenvalue weighted by Crippen LogP contribution is -2.33. The van der Waals surface area contributed by atoms with Gasteiger partial charge in [-0.25, -0.2) is 0 Å². The lowest BCUT2D eigenvalue weighted by Gasteiger charge is -2.19. The van der Waals surface area contributed by atoms with Gasteiger partial charge < -0.3 is 10.1 Å². The van der Waals surface area contributed by atoms with Crippen LogP contribution in [0.25, 0.3) is 0 Å². The Kier molecular flexibility index (Phi) is 5.72. The Labute approximate surface area is 142 Å². The standard InChI is InChI=1S/C17H15ClF3NO2/c1-2-15(24-12-6-4-3-5-7-12)16(23)22-14-9-8-11(18)10-13(14)17(19,20)21/h3-10,15H,2H2,1H3,(H,22,23)/t15-/m1/s1. The number of carbonyl (C=O) groups is 1. The molecule has 0 saturated carbocycles. The van der Waals surface area contributed by atoms with Crippen molar-refractivity contribution in [2.75, 3.05) is 5.32 Å². The summed E-state index contributed by atoms with van der Waals surface area (Å²) >= 11 is 5.62. The number of rotatable bonds is 5. The molecule has 3 nitrogen and oxygen atoms in total. The van der Waals surface area contributed by atoms with Crippen LogP contribution in [0, 0.1) is 0 Å². The first kappa shape index (κ1) is 18.1. The predicted molar refractivity (Wildman–Crippen MR) is 86.2 cm³/mol. The van der Waals surface area contributed by atoms with Gasteiger partial charge in [0.25, 0.3) is 5.91 Å². The van der Waals surface area contributed by atoms with Gasteiger partial charge >= 0.3 is 6.18 Å². The molecular formula is C17H15ClF3NO2. The molecule has 0 fully saturated rings. The highest BCUT2D eigenvalue weighted by molar-refractivity contribution is 6.30. The topological polar surface area (TPSA) is 38.3 Å². The minimum Gasteiger partial charge on any atom is -0.481 e. The number of hydrogen-bond donors (Lipinski definition) is 1. The first-order chi connectivity index (χ1) is 11.3. The van der Waals surface area contributed by atoms with Crippen LogP contribution in [0.15, 0.2) is 48.5 Å². The maximum Gasteiger partial charge on any atom is 0.418 e. The van der Waals surface area contributed by atoms with Crippen molar-refractivity contribution in [2.45, 2.75) is 25.6 Å². The van der Waals surface area contributed by atoms with Crippen LogP contribution in [0.5, 0.6) is 5.75 Å². The van der Waals surface area contributed by atoms with Crippen LogP contribution in [-0.2, 0) is 11.0 Å². The molecule has 2 rings (SSSR count). The van der Waals surface area contributed by atoms with Gasteiger partial charge in [0.15, 0.2) is 6.10 Å². The molecule has 0 unspecified atom stereocenters. The SMILES string of the molecule is CC[C@@H](Oc1ccccc1)C(=O)Nc1ccc(Cl)cc1C(F)(F)F. The molecule has 0 saturated heterocycles. The second-order valence-electron chi connectivity index (χ2n) is 5.00. The van der Waals surface area contributed by atoms with Crippen molar-refractivity contribution in [1.29, 1.82) is 0 Å². The van der Waals surface area contributed by atoms with E-state index in [4.69, 9.17) is 16.3 Å². The largest absolute Gasteiger partial charge is 0.481 e. The minimum absolute atomic E-state index is 0.0621. The van der Waals surface area contributed by atoms with E-state index >= 15 is 0 Å². The number of anilines is 1. The Bertz CT molecular complexity index is 705. The van der Waals surface area contributed by atoms with Gasteiger partial charge in [-0.1, -0.05) is 36.7 Å². The molecule has 7 heteroatoms. The molecule has 1 amide bonds. The third-order valence-electron chi connectivity index (χ3n) is 3.23. The van der Waals surface area contributed by atoms with Crippen molar-refractivity contribution >= 4 is 23.2 Å². The normalized spacial score (nSPS) is 12.5. The number of amides is 1. The van der Waals surface area contributed by atoms with Crippen LogP contribution < -0.4 is 10.1 Å². The highest BCUT2D eigenvalue weighted by atomic mass is 35.5. The molecule has 1 N–H and O–H groups in total. The first-order valence-corrected chi connectivity index (χ1v) is 7.58. The van der Waals surface area contributed by atoms with Crippen molar-refractivity contribution in [2.24, 2.45) is 0 Å². The third kappa shape index (κ3) is 4.64. The van der Waals surface area contributed by atoms with E-state index in [1.54, 1.807) is 37.3 Å². The highest BCUT2D eigenvalue weighted by Crippen LogP contribution is 2.36. The number of halogens is 4. The van der Waals surface area contributed by atoms with Gasteiger partial charge in [-0.2, -0.15) is 13.2 Å². The molecule has 128 valence electrons. The fourth-order valence-electron chi connectivity index (χ4n) is 2.06. The minimum atomic E-state index is -4.63. The average molecular weight is 358 g/mol. The summed E-state index contributed by atoms with van der Waals surface area (Å²) in [5, 5.41) is 2.21. The fraction of sp³-hybridized carbons (Fsp3) is 0.235. The highest BCUT2D eigenvalue weighted by Gasteiger charge is 2.34.